The number of halogens is 1. The maximum atomic E-state index is 13.5. The Kier molecular flexibility index (Phi) is 4.91. The molecule has 2 aliphatic rings. The van der Waals surface area contributed by atoms with E-state index in [1.165, 1.54) is 11.6 Å². The third-order valence-electron chi connectivity index (χ3n) is 5.27. The van der Waals surface area contributed by atoms with Crippen LogP contribution in [0, 0.1) is 11.7 Å². The van der Waals surface area contributed by atoms with Crippen molar-refractivity contribution in [2.45, 2.75) is 31.4 Å². The van der Waals surface area contributed by atoms with E-state index in [1.54, 1.807) is 12.3 Å². The van der Waals surface area contributed by atoms with Gasteiger partial charge in [0, 0.05) is 51.2 Å². The van der Waals surface area contributed by atoms with Crippen molar-refractivity contribution >= 4 is 0 Å². The first kappa shape index (κ1) is 17.4. The summed E-state index contributed by atoms with van der Waals surface area (Å²) in [4.78, 5) is 6.33. The zero-order valence-electron chi connectivity index (χ0n) is 15.1. The SMILES string of the molecule is Cn1cc(CN2CC3(C[C@H](CCOc4ncccc4F)CCO3)C2)cn1. The van der Waals surface area contributed by atoms with Crippen LogP contribution in [0.15, 0.2) is 30.7 Å². The number of hydrogen-bond acceptors (Lipinski definition) is 5. The molecule has 2 aromatic rings. The molecule has 1 atom stereocenters. The van der Waals surface area contributed by atoms with Gasteiger partial charge in [0.2, 0.25) is 5.88 Å². The van der Waals surface area contributed by atoms with Gasteiger partial charge in [-0.1, -0.05) is 0 Å². The van der Waals surface area contributed by atoms with Gasteiger partial charge in [0.1, 0.15) is 0 Å². The van der Waals surface area contributed by atoms with E-state index in [1.807, 2.05) is 17.9 Å². The summed E-state index contributed by atoms with van der Waals surface area (Å²) in [6.45, 7) is 4.14. The summed E-state index contributed by atoms with van der Waals surface area (Å²) in [7, 11) is 1.94. The molecule has 26 heavy (non-hydrogen) atoms. The highest BCUT2D eigenvalue weighted by molar-refractivity contribution is 5.12. The maximum absolute atomic E-state index is 13.5. The second-order valence-electron chi connectivity index (χ2n) is 7.49. The number of likely N-dealkylation sites (tertiary alicyclic amines) is 1. The molecule has 4 rings (SSSR count). The molecule has 0 radical (unpaired) electrons. The van der Waals surface area contributed by atoms with Gasteiger partial charge in [-0.25, -0.2) is 9.37 Å². The monoisotopic (exact) mass is 360 g/mol. The minimum Gasteiger partial charge on any atom is -0.476 e. The molecule has 2 aromatic heterocycles. The number of aryl methyl sites for hydroxylation is 1. The minimum absolute atomic E-state index is 0.0125. The Morgan fingerprint density at radius 1 is 1.42 bits per heavy atom. The van der Waals surface area contributed by atoms with Gasteiger partial charge in [0.15, 0.2) is 5.82 Å². The Balaban J connectivity index is 1.23. The molecule has 4 heterocycles. The lowest BCUT2D eigenvalue weighted by molar-refractivity contribution is -0.182. The van der Waals surface area contributed by atoms with Gasteiger partial charge in [-0.05, 0) is 37.3 Å². The molecule has 0 saturated carbocycles. The Bertz CT molecular complexity index is 745. The first-order valence-corrected chi connectivity index (χ1v) is 9.19. The van der Waals surface area contributed by atoms with Crippen LogP contribution in [-0.4, -0.2) is 51.6 Å². The van der Waals surface area contributed by atoms with E-state index in [0.717, 1.165) is 45.5 Å². The zero-order valence-corrected chi connectivity index (χ0v) is 15.1. The van der Waals surface area contributed by atoms with Crippen molar-refractivity contribution in [3.8, 4) is 5.88 Å². The van der Waals surface area contributed by atoms with Crippen molar-refractivity contribution in [2.75, 3.05) is 26.3 Å². The second kappa shape index (κ2) is 7.32. The highest BCUT2D eigenvalue weighted by Crippen LogP contribution is 2.38. The normalized spacial score (nSPS) is 22.3. The number of rotatable bonds is 6. The molecule has 0 aromatic carbocycles. The summed E-state index contributed by atoms with van der Waals surface area (Å²) in [6.07, 6.45) is 8.52. The highest BCUT2D eigenvalue weighted by atomic mass is 19.1. The molecule has 6 nitrogen and oxygen atoms in total. The van der Waals surface area contributed by atoms with Crippen LogP contribution in [-0.2, 0) is 18.3 Å². The number of hydrogen-bond donors (Lipinski definition) is 0. The topological polar surface area (TPSA) is 52.4 Å². The van der Waals surface area contributed by atoms with E-state index < -0.39 is 5.82 Å². The molecule has 0 aliphatic carbocycles. The first-order valence-electron chi connectivity index (χ1n) is 9.19. The van der Waals surface area contributed by atoms with E-state index in [0.29, 0.717) is 12.5 Å². The van der Waals surface area contributed by atoms with Crippen LogP contribution in [0.1, 0.15) is 24.8 Å². The van der Waals surface area contributed by atoms with Crippen molar-refractivity contribution in [2.24, 2.45) is 13.0 Å². The number of nitrogens with zero attached hydrogens (tertiary/aromatic N) is 4. The summed E-state index contributed by atoms with van der Waals surface area (Å²) in [5.41, 5.74) is 1.22. The molecule has 140 valence electrons. The zero-order chi connectivity index (χ0) is 18.0. The fourth-order valence-electron chi connectivity index (χ4n) is 4.09. The van der Waals surface area contributed by atoms with Gasteiger partial charge in [0.05, 0.1) is 18.4 Å². The maximum Gasteiger partial charge on any atom is 0.250 e. The summed E-state index contributed by atoms with van der Waals surface area (Å²) in [6, 6.07) is 2.94. The molecule has 0 bridgehead atoms. The molecule has 2 fully saturated rings. The average Bonchev–Trinajstić information content (AvgIpc) is 3.01. The number of ether oxygens (including phenoxy) is 2. The molecule has 1 spiro atoms. The van der Waals surface area contributed by atoms with Gasteiger partial charge in [-0.15, -0.1) is 0 Å². The van der Waals surface area contributed by atoms with Crippen LogP contribution in [0.25, 0.3) is 0 Å². The van der Waals surface area contributed by atoms with Gasteiger partial charge in [0.25, 0.3) is 0 Å². The van der Waals surface area contributed by atoms with Crippen LogP contribution < -0.4 is 4.74 Å². The van der Waals surface area contributed by atoms with Crippen LogP contribution in [0.3, 0.4) is 0 Å². The van der Waals surface area contributed by atoms with Crippen LogP contribution in [0.5, 0.6) is 5.88 Å². The summed E-state index contributed by atoms with van der Waals surface area (Å²) < 4.78 is 27.0. The largest absolute Gasteiger partial charge is 0.476 e. The summed E-state index contributed by atoms with van der Waals surface area (Å²) >= 11 is 0. The van der Waals surface area contributed by atoms with Crippen molar-refractivity contribution in [1.82, 2.24) is 19.7 Å². The molecule has 0 N–H and O–H groups in total. The van der Waals surface area contributed by atoms with E-state index in [2.05, 4.69) is 21.2 Å². The Morgan fingerprint density at radius 3 is 3.08 bits per heavy atom. The van der Waals surface area contributed by atoms with Crippen LogP contribution >= 0.6 is 0 Å². The predicted octanol–water partition coefficient (Wildman–Crippen LogP) is 2.40. The molecule has 7 heteroatoms. The quantitative estimate of drug-likeness (QED) is 0.792. The number of pyridine rings is 1. The molecule has 2 saturated heterocycles. The van der Waals surface area contributed by atoms with Gasteiger partial charge >= 0.3 is 0 Å². The van der Waals surface area contributed by atoms with Crippen molar-refractivity contribution < 1.29 is 13.9 Å². The van der Waals surface area contributed by atoms with Crippen LogP contribution in [0.4, 0.5) is 4.39 Å². The first-order chi connectivity index (χ1) is 12.6. The summed E-state index contributed by atoms with van der Waals surface area (Å²) in [5, 5.41) is 4.22. The highest BCUT2D eigenvalue weighted by Gasteiger charge is 2.47. The third-order valence-corrected chi connectivity index (χ3v) is 5.27. The molecule has 2 aliphatic heterocycles. The van der Waals surface area contributed by atoms with Crippen molar-refractivity contribution in [3.63, 3.8) is 0 Å². The van der Waals surface area contributed by atoms with Crippen LogP contribution in [0.2, 0.25) is 0 Å². The van der Waals surface area contributed by atoms with E-state index in [9.17, 15) is 4.39 Å². The molecular formula is C19H25FN4O2. The van der Waals surface area contributed by atoms with Crippen molar-refractivity contribution in [3.05, 3.63) is 42.1 Å². The van der Waals surface area contributed by atoms with Crippen molar-refractivity contribution in [1.29, 1.82) is 0 Å². The van der Waals surface area contributed by atoms with Gasteiger partial charge < -0.3 is 9.47 Å². The van der Waals surface area contributed by atoms with E-state index >= 15 is 0 Å². The fourth-order valence-corrected chi connectivity index (χ4v) is 4.09. The fraction of sp³-hybridized carbons (Fsp3) is 0.579. The van der Waals surface area contributed by atoms with E-state index in [-0.39, 0.29) is 11.5 Å². The Hall–Kier alpha value is -1.99. The lowest BCUT2D eigenvalue weighted by atomic mass is 9.79. The molecule has 0 amide bonds. The lowest BCUT2D eigenvalue weighted by Gasteiger charge is -2.53. The lowest BCUT2D eigenvalue weighted by Crippen LogP contribution is -2.64. The number of aromatic nitrogens is 3. The summed E-state index contributed by atoms with van der Waals surface area (Å²) in [5.74, 6) is 0.248. The standard InChI is InChI=1S/C19H25FN4O2/c1-23-11-16(10-22-23)12-24-13-19(14-24)9-15(5-8-26-19)4-7-25-18-17(20)3-2-6-21-18/h2-3,6,10-11,15H,4-5,7-9,12-14H2,1H3/t15-/m1/s1. The molecular weight excluding hydrogens is 335 g/mol. The second-order valence-corrected chi connectivity index (χ2v) is 7.49. The Morgan fingerprint density at radius 2 is 2.31 bits per heavy atom. The third kappa shape index (κ3) is 3.88. The minimum atomic E-state index is -0.402. The Labute approximate surface area is 152 Å². The smallest absolute Gasteiger partial charge is 0.250 e. The predicted molar refractivity (Wildman–Crippen MR) is 94.2 cm³/mol. The van der Waals surface area contributed by atoms with Gasteiger partial charge in [-0.3, -0.25) is 9.58 Å². The van der Waals surface area contributed by atoms with Gasteiger partial charge in [-0.2, -0.15) is 5.10 Å². The molecule has 0 unspecified atom stereocenters. The van der Waals surface area contributed by atoms with E-state index in [4.69, 9.17) is 9.47 Å². The average molecular weight is 360 g/mol.